The Kier molecular flexibility index (Phi) is 263. The fraction of sp³-hybridized carbons (Fsp3) is 0.750. The lowest BCUT2D eigenvalue weighted by atomic mass is 10.9. The zero-order valence-corrected chi connectivity index (χ0v) is 2.08. The molecule has 1 nitrogen and oxygen atoms in total. The Morgan fingerprint density at radius 1 is 1.40 bits per heavy atom. The molecule has 0 aliphatic rings. The molecule has 0 atom stereocenters. The molecule has 0 aliphatic heterocycles. The highest BCUT2D eigenvalue weighted by Gasteiger charge is 1.17. The summed E-state index contributed by atoms with van der Waals surface area (Å²) in [6.07, 6.45) is 1.25. The topological polar surface area (TPSA) is 23.9 Å². The summed E-state index contributed by atoms with van der Waals surface area (Å²) >= 11 is 0. The second-order valence-electron chi connectivity index (χ2n) is 0.289. The van der Waals surface area contributed by atoms with E-state index in [0.29, 0.717) is 0 Å². The van der Waals surface area contributed by atoms with Crippen LogP contribution in [0.2, 0.25) is 0 Å². The standard InChI is InChI=1S/C2H5N.2CH4/c1-2-3;;/h2-3H,1H3;2*1H4. The van der Waals surface area contributed by atoms with Crippen molar-refractivity contribution < 1.29 is 0 Å². The SMILES string of the molecule is C.C.CC=N. The third-order valence-electron chi connectivity index (χ3n) is 0. The van der Waals surface area contributed by atoms with Gasteiger partial charge in [-0.3, -0.25) is 0 Å². The second-order valence-corrected chi connectivity index (χ2v) is 0.289. The molecule has 1 heteroatoms. The summed E-state index contributed by atoms with van der Waals surface area (Å²) in [6, 6.07) is 0. The van der Waals surface area contributed by atoms with Gasteiger partial charge in [-0.15, -0.1) is 0 Å². The van der Waals surface area contributed by atoms with Crippen molar-refractivity contribution in [3.05, 3.63) is 0 Å². The molecule has 5 heavy (non-hydrogen) atoms. The van der Waals surface area contributed by atoms with Gasteiger partial charge in [0.05, 0.1) is 0 Å². The predicted molar refractivity (Wildman–Crippen MR) is 27.9 cm³/mol. The minimum absolute atomic E-state index is 0. The van der Waals surface area contributed by atoms with Crippen LogP contribution in [0.15, 0.2) is 0 Å². The Bertz CT molecular complexity index is 11.1. The number of nitrogens with one attached hydrogen (secondary N) is 1. The highest BCUT2D eigenvalue weighted by Crippen LogP contribution is 1.17. The number of hydrogen-bond donors (Lipinski definition) is 1. The van der Waals surface area contributed by atoms with Crippen molar-refractivity contribution in [2.75, 3.05) is 0 Å². The molecule has 0 heterocycles. The Morgan fingerprint density at radius 2 is 1.40 bits per heavy atom. The van der Waals surface area contributed by atoms with Gasteiger partial charge in [-0.05, 0) is 13.1 Å². The Morgan fingerprint density at radius 3 is 1.40 bits per heavy atom. The maximum Gasteiger partial charge on any atom is -0.00788 e. The van der Waals surface area contributed by atoms with Gasteiger partial charge < -0.3 is 5.41 Å². The van der Waals surface area contributed by atoms with E-state index in [1.807, 2.05) is 0 Å². The van der Waals surface area contributed by atoms with Gasteiger partial charge in [0.2, 0.25) is 0 Å². The Balaban J connectivity index is -0.0000000200. The van der Waals surface area contributed by atoms with Crippen LogP contribution in [0.25, 0.3) is 0 Å². The number of rotatable bonds is 0. The molecule has 0 spiro atoms. The maximum absolute atomic E-state index is 6.08. The van der Waals surface area contributed by atoms with Crippen molar-refractivity contribution in [3.8, 4) is 0 Å². The third kappa shape index (κ3) is 94.0. The zero-order chi connectivity index (χ0) is 2.71. The van der Waals surface area contributed by atoms with E-state index in [2.05, 4.69) is 0 Å². The van der Waals surface area contributed by atoms with Crippen LogP contribution in [0.3, 0.4) is 0 Å². The first-order chi connectivity index (χ1) is 1.41. The van der Waals surface area contributed by atoms with Crippen LogP contribution in [-0.4, -0.2) is 6.21 Å². The van der Waals surface area contributed by atoms with Crippen molar-refractivity contribution >= 4 is 6.21 Å². The molecule has 0 radical (unpaired) electrons. The zero-order valence-electron chi connectivity index (χ0n) is 2.08. The molecule has 0 aromatic rings. The monoisotopic (exact) mass is 75.1 g/mol. The molecule has 1 N–H and O–H groups in total. The van der Waals surface area contributed by atoms with E-state index in [0.717, 1.165) is 0 Å². The largest absolute Gasteiger partial charge is 0.313 e. The molecule has 0 bridgehead atoms. The van der Waals surface area contributed by atoms with E-state index < -0.39 is 0 Å². The normalized spacial score (nSPS) is 2.60. The van der Waals surface area contributed by atoms with Gasteiger partial charge in [0, 0.05) is 0 Å². The molecule has 0 unspecified atom stereocenters. The average molecular weight is 75.2 g/mol. The summed E-state index contributed by atoms with van der Waals surface area (Å²) in [5.41, 5.74) is 0. The van der Waals surface area contributed by atoms with Crippen LogP contribution in [0.1, 0.15) is 21.8 Å². The Labute approximate surface area is 34.5 Å². The van der Waals surface area contributed by atoms with E-state index in [1.54, 1.807) is 6.92 Å². The lowest BCUT2D eigenvalue weighted by molar-refractivity contribution is 1.55. The van der Waals surface area contributed by atoms with Crippen LogP contribution >= 0.6 is 0 Å². The predicted octanol–water partition coefficient (Wildman–Crippen LogP) is 1.93. The van der Waals surface area contributed by atoms with Crippen LogP contribution < -0.4 is 0 Å². The van der Waals surface area contributed by atoms with Gasteiger partial charge in [-0.25, -0.2) is 0 Å². The van der Waals surface area contributed by atoms with Gasteiger partial charge in [0.25, 0.3) is 0 Å². The van der Waals surface area contributed by atoms with Crippen molar-refractivity contribution in [1.82, 2.24) is 0 Å². The lowest BCUT2D eigenvalue weighted by Crippen LogP contribution is -1.32. The summed E-state index contributed by atoms with van der Waals surface area (Å²) in [7, 11) is 0. The summed E-state index contributed by atoms with van der Waals surface area (Å²) in [5.74, 6) is 0. The van der Waals surface area contributed by atoms with Crippen LogP contribution in [0.4, 0.5) is 0 Å². The minimum atomic E-state index is 0. The van der Waals surface area contributed by atoms with Gasteiger partial charge >= 0.3 is 0 Å². The van der Waals surface area contributed by atoms with Crippen molar-refractivity contribution in [2.45, 2.75) is 21.8 Å². The first-order valence-electron chi connectivity index (χ1n) is 0.866. The summed E-state index contributed by atoms with van der Waals surface area (Å²) in [5, 5.41) is 6.08. The molecule has 0 aromatic heterocycles. The van der Waals surface area contributed by atoms with Crippen LogP contribution in [0, 0.1) is 5.41 Å². The molecule has 0 aromatic carbocycles. The van der Waals surface area contributed by atoms with E-state index in [4.69, 9.17) is 5.41 Å². The molecular weight excluding hydrogens is 62.1 g/mol. The molecule has 0 rings (SSSR count). The van der Waals surface area contributed by atoms with Crippen LogP contribution in [-0.2, 0) is 0 Å². The fourth-order valence-electron chi connectivity index (χ4n) is 0. The highest BCUT2D eigenvalue weighted by molar-refractivity contribution is 5.48. The van der Waals surface area contributed by atoms with Crippen molar-refractivity contribution in [1.29, 1.82) is 5.41 Å². The molecular formula is C4H13N. The first-order valence-corrected chi connectivity index (χ1v) is 0.866. The van der Waals surface area contributed by atoms with Crippen molar-refractivity contribution in [3.63, 3.8) is 0 Å². The molecule has 0 saturated heterocycles. The first kappa shape index (κ1) is 22.6. The maximum atomic E-state index is 6.08. The van der Waals surface area contributed by atoms with Crippen LogP contribution in [0.5, 0.6) is 0 Å². The van der Waals surface area contributed by atoms with E-state index in [-0.39, 0.29) is 14.9 Å². The van der Waals surface area contributed by atoms with Gasteiger partial charge in [0.1, 0.15) is 0 Å². The third-order valence-corrected chi connectivity index (χ3v) is 0. The summed E-state index contributed by atoms with van der Waals surface area (Å²) < 4.78 is 0. The minimum Gasteiger partial charge on any atom is -0.313 e. The second kappa shape index (κ2) is 58.3. The molecule has 0 fully saturated rings. The van der Waals surface area contributed by atoms with Gasteiger partial charge in [-0.2, -0.15) is 0 Å². The smallest absolute Gasteiger partial charge is 0.00788 e. The van der Waals surface area contributed by atoms with Gasteiger partial charge in [-0.1, -0.05) is 14.9 Å². The summed E-state index contributed by atoms with van der Waals surface area (Å²) in [6.45, 7) is 1.67. The summed E-state index contributed by atoms with van der Waals surface area (Å²) in [4.78, 5) is 0. The van der Waals surface area contributed by atoms with E-state index in [9.17, 15) is 0 Å². The fourth-order valence-corrected chi connectivity index (χ4v) is 0. The van der Waals surface area contributed by atoms with E-state index >= 15 is 0 Å². The molecule has 0 amide bonds. The quantitative estimate of drug-likeness (QED) is 0.425. The van der Waals surface area contributed by atoms with E-state index in [1.165, 1.54) is 6.21 Å². The van der Waals surface area contributed by atoms with Gasteiger partial charge in [0.15, 0.2) is 0 Å². The Hall–Kier alpha value is -0.330. The van der Waals surface area contributed by atoms with Crippen molar-refractivity contribution in [2.24, 2.45) is 0 Å². The lowest BCUT2D eigenvalue weighted by Gasteiger charge is -1.30. The highest BCUT2D eigenvalue weighted by atomic mass is 14.3. The molecule has 34 valence electrons. The molecule has 0 saturated carbocycles. The average Bonchev–Trinajstić information content (AvgIpc) is 0.918. The number of hydrogen-bond acceptors (Lipinski definition) is 1. The molecule has 0 aliphatic carbocycles.